The maximum Gasteiger partial charge on any atom is 0.138 e. The molecule has 0 aliphatic heterocycles. The summed E-state index contributed by atoms with van der Waals surface area (Å²) in [5.41, 5.74) is -1.25. The molecule has 0 heterocycles. The smallest absolute Gasteiger partial charge is 0.138 e. The Bertz CT molecular complexity index is 679. The van der Waals surface area contributed by atoms with E-state index in [-0.39, 0.29) is 0 Å². The lowest BCUT2D eigenvalue weighted by molar-refractivity contribution is 0.235. The van der Waals surface area contributed by atoms with Crippen molar-refractivity contribution in [3.8, 4) is 0 Å². The van der Waals surface area contributed by atoms with Crippen molar-refractivity contribution < 1.29 is 0 Å². The molecule has 4 aliphatic rings. The number of hydrogen-bond acceptors (Lipinski definition) is 4. The molecule has 0 aromatic rings. The van der Waals surface area contributed by atoms with Crippen molar-refractivity contribution in [2.45, 2.75) is 165 Å². The van der Waals surface area contributed by atoms with Crippen molar-refractivity contribution in [2.75, 3.05) is 0 Å². The highest BCUT2D eigenvalue weighted by Crippen LogP contribution is 2.40. The van der Waals surface area contributed by atoms with Gasteiger partial charge in [-0.25, -0.2) is 0 Å². The van der Waals surface area contributed by atoms with Crippen LogP contribution >= 0.6 is 0 Å². The van der Waals surface area contributed by atoms with Crippen LogP contribution in [0, 0.1) is 22.7 Å². The fourth-order valence-electron chi connectivity index (χ4n) is 7.40. The summed E-state index contributed by atoms with van der Waals surface area (Å²) in [6.07, 6.45) is 24.3. The van der Waals surface area contributed by atoms with Crippen molar-refractivity contribution in [2.24, 2.45) is 22.1 Å². The van der Waals surface area contributed by atoms with Gasteiger partial charge in [-0.1, -0.05) is 77.0 Å². The Morgan fingerprint density at radius 3 is 1.08 bits per heavy atom. The van der Waals surface area contributed by atoms with Gasteiger partial charge in [0.1, 0.15) is 22.7 Å². The predicted molar refractivity (Wildman–Crippen MR) is 150 cm³/mol. The lowest BCUT2D eigenvalue weighted by Gasteiger charge is -2.41. The molecule has 4 N–H and O–H groups in total. The molecule has 0 radical (unpaired) electrons. The molecule has 204 valence electrons. The topological polar surface area (TPSA) is 96.5 Å². The zero-order chi connectivity index (χ0) is 25.4. The van der Waals surface area contributed by atoms with Crippen LogP contribution < -0.4 is 10.6 Å². The predicted octanol–water partition coefficient (Wildman–Crippen LogP) is 7.92. The van der Waals surface area contributed by atoms with Crippen LogP contribution in [0.25, 0.3) is 0 Å². The highest BCUT2D eigenvalue weighted by atomic mass is 15.2. The molecule has 6 nitrogen and oxygen atoms in total. The van der Waals surface area contributed by atoms with E-state index in [2.05, 4.69) is 24.5 Å². The maximum absolute atomic E-state index is 9.25. The van der Waals surface area contributed by atoms with Gasteiger partial charge in [0.2, 0.25) is 0 Å². The van der Waals surface area contributed by atoms with Crippen LogP contribution in [0.3, 0.4) is 0 Å². The van der Waals surface area contributed by atoms with Gasteiger partial charge in [-0.05, 0) is 77.0 Å². The van der Waals surface area contributed by atoms with Crippen molar-refractivity contribution in [3.05, 3.63) is 0 Å². The Morgan fingerprint density at radius 2 is 0.778 bits per heavy atom. The summed E-state index contributed by atoms with van der Waals surface area (Å²) < 4.78 is 0. The molecular formula is C30H54N6. The van der Waals surface area contributed by atoms with Gasteiger partial charge in [0, 0.05) is 12.1 Å². The summed E-state index contributed by atoms with van der Waals surface area (Å²) >= 11 is 0. The van der Waals surface area contributed by atoms with Crippen molar-refractivity contribution >= 4 is 11.7 Å². The number of amidine groups is 2. The molecule has 0 saturated heterocycles. The van der Waals surface area contributed by atoms with Crippen molar-refractivity contribution in [3.63, 3.8) is 0 Å². The lowest BCUT2D eigenvalue weighted by atomic mass is 9.74. The van der Waals surface area contributed by atoms with Gasteiger partial charge in [0.25, 0.3) is 0 Å². The first-order chi connectivity index (χ1) is 17.4. The average Bonchev–Trinajstić information content (AvgIpc) is 2.93. The number of azo groups is 1. The molecule has 4 aliphatic carbocycles. The Hall–Kier alpha value is -1.46. The monoisotopic (exact) mass is 498 g/mol. The van der Waals surface area contributed by atoms with Crippen molar-refractivity contribution in [1.82, 2.24) is 10.6 Å². The minimum Gasteiger partial charge on any atom is -0.369 e. The van der Waals surface area contributed by atoms with Gasteiger partial charge in [0.05, 0.1) is 0 Å². The number of rotatable bonds is 8. The highest BCUT2D eigenvalue weighted by Gasteiger charge is 2.44. The fraction of sp³-hybridized carbons (Fsp3) is 0.933. The first-order valence-electron chi connectivity index (χ1n) is 15.6. The van der Waals surface area contributed by atoms with Crippen LogP contribution in [0.1, 0.15) is 142 Å². The van der Waals surface area contributed by atoms with Crippen LogP contribution in [0.15, 0.2) is 10.2 Å². The molecule has 0 amide bonds. The third kappa shape index (κ3) is 6.69. The zero-order valence-electron chi connectivity index (χ0n) is 23.3. The quantitative estimate of drug-likeness (QED) is 0.155. The number of nitrogens with zero attached hydrogens (tertiary/aromatic N) is 2. The molecule has 36 heavy (non-hydrogen) atoms. The molecule has 0 spiro atoms. The average molecular weight is 499 g/mol. The Kier molecular flexibility index (Phi) is 9.85. The number of nitrogens with one attached hydrogen (secondary N) is 4. The fourth-order valence-corrected chi connectivity index (χ4v) is 7.40. The van der Waals surface area contributed by atoms with Gasteiger partial charge >= 0.3 is 0 Å². The Labute approximate surface area is 220 Å². The Morgan fingerprint density at radius 1 is 0.500 bits per heavy atom. The minimum atomic E-state index is -0.626. The molecule has 2 atom stereocenters. The second kappa shape index (κ2) is 12.9. The van der Waals surface area contributed by atoms with Crippen LogP contribution in [0.4, 0.5) is 0 Å². The van der Waals surface area contributed by atoms with E-state index in [1.165, 1.54) is 77.0 Å². The van der Waals surface area contributed by atoms with E-state index in [9.17, 15) is 10.8 Å². The minimum absolute atomic E-state index is 0.356. The van der Waals surface area contributed by atoms with E-state index in [4.69, 9.17) is 10.2 Å². The molecule has 0 aromatic carbocycles. The normalized spacial score (nSPS) is 27.3. The summed E-state index contributed by atoms with van der Waals surface area (Å²) in [5.74, 6) is 1.86. The van der Waals surface area contributed by atoms with E-state index < -0.39 is 11.1 Å². The molecule has 4 saturated carbocycles. The van der Waals surface area contributed by atoms with Gasteiger partial charge < -0.3 is 10.6 Å². The summed E-state index contributed by atoms with van der Waals surface area (Å²) in [5, 5.41) is 36.1. The second-order valence-electron chi connectivity index (χ2n) is 12.9. The van der Waals surface area contributed by atoms with E-state index in [1.54, 1.807) is 0 Å². The van der Waals surface area contributed by atoms with Crippen LogP contribution in [0.5, 0.6) is 0 Å². The summed E-state index contributed by atoms with van der Waals surface area (Å²) in [4.78, 5) is 0. The first kappa shape index (κ1) is 27.6. The summed E-state index contributed by atoms with van der Waals surface area (Å²) in [7, 11) is 0. The molecule has 0 bridgehead atoms. The largest absolute Gasteiger partial charge is 0.369 e. The molecule has 2 unspecified atom stereocenters. The lowest BCUT2D eigenvalue weighted by Crippen LogP contribution is -2.54. The van der Waals surface area contributed by atoms with Crippen molar-refractivity contribution in [1.29, 1.82) is 10.8 Å². The zero-order valence-corrected chi connectivity index (χ0v) is 23.3. The number of hydrogen-bond donors (Lipinski definition) is 4. The highest BCUT2D eigenvalue weighted by molar-refractivity contribution is 5.90. The van der Waals surface area contributed by atoms with E-state index in [0.717, 1.165) is 51.4 Å². The SMILES string of the molecule is CC(N=NC(C)(C(=N)NC1CCCCC1)C1CCCCC1)(C(=N)NC1CCCCC1)C1CCCCC1. The second-order valence-corrected chi connectivity index (χ2v) is 12.9. The molecule has 4 fully saturated rings. The summed E-state index contributed by atoms with van der Waals surface area (Å²) in [6, 6.07) is 0.806. The standard InChI is InChI=1S/C30H54N6/c1-29(23-15-7-3-8-16-23,27(31)33-25-19-11-5-12-20-25)35-36-30(2,24-17-9-4-10-18-24)28(32)34-26-21-13-6-14-22-26/h23-26H,3-22H2,1-2H3,(H2,31,33)(H2,32,34). The van der Waals surface area contributed by atoms with Gasteiger partial charge in [-0.2, -0.15) is 10.2 Å². The van der Waals surface area contributed by atoms with E-state index in [1.807, 2.05) is 0 Å². The molecular weight excluding hydrogens is 444 g/mol. The maximum atomic E-state index is 9.25. The third-order valence-corrected chi connectivity index (χ3v) is 10.2. The van der Waals surface area contributed by atoms with Gasteiger partial charge in [0.15, 0.2) is 0 Å². The Balaban J connectivity index is 1.58. The molecule has 0 aromatic heterocycles. The van der Waals surface area contributed by atoms with Gasteiger partial charge in [-0.3, -0.25) is 10.8 Å². The molecule has 4 rings (SSSR count). The molecule has 6 heteroatoms. The van der Waals surface area contributed by atoms with Crippen LogP contribution in [-0.2, 0) is 0 Å². The van der Waals surface area contributed by atoms with Crippen LogP contribution in [-0.4, -0.2) is 34.8 Å². The van der Waals surface area contributed by atoms with Gasteiger partial charge in [-0.15, -0.1) is 0 Å². The first-order valence-corrected chi connectivity index (χ1v) is 15.6. The van der Waals surface area contributed by atoms with E-state index in [0.29, 0.717) is 35.6 Å². The summed E-state index contributed by atoms with van der Waals surface area (Å²) in [6.45, 7) is 4.34. The van der Waals surface area contributed by atoms with Crippen LogP contribution in [0.2, 0.25) is 0 Å². The third-order valence-electron chi connectivity index (χ3n) is 10.2. The van der Waals surface area contributed by atoms with E-state index >= 15 is 0 Å².